The average molecular weight is 294 g/mol. The molecule has 0 amide bonds. The normalized spacial score (nSPS) is 10.7. The summed E-state index contributed by atoms with van der Waals surface area (Å²) in [7, 11) is 1.48. The highest BCUT2D eigenvalue weighted by molar-refractivity contribution is 6.28. The number of methoxy groups -OCH3 is 1. The van der Waals surface area contributed by atoms with Crippen molar-refractivity contribution in [2.24, 2.45) is 5.92 Å². The number of nitrogens with zero attached hydrogens (tertiary/aromatic N) is 3. The fourth-order valence-corrected chi connectivity index (χ4v) is 1.67. The molecule has 1 aromatic carbocycles. The fraction of sp³-hybridized carbons (Fsp3) is 0.357. The lowest BCUT2D eigenvalue weighted by molar-refractivity contribution is 0.271. The number of hydrogen-bond donors (Lipinski definition) is 0. The van der Waals surface area contributed by atoms with E-state index in [1.54, 1.807) is 0 Å². The van der Waals surface area contributed by atoms with Gasteiger partial charge in [0.05, 0.1) is 13.7 Å². The Morgan fingerprint density at radius 3 is 2.40 bits per heavy atom. The lowest BCUT2D eigenvalue weighted by atomic mass is 10.2. The quantitative estimate of drug-likeness (QED) is 0.847. The van der Waals surface area contributed by atoms with E-state index in [0.717, 1.165) is 11.3 Å². The SMILES string of the molecule is COc1nc(Cl)nc(-c2ccc(OCC(C)C)cc2)n1. The first-order valence-electron chi connectivity index (χ1n) is 6.27. The van der Waals surface area contributed by atoms with E-state index >= 15 is 0 Å². The molecular formula is C14H16ClN3O2. The minimum Gasteiger partial charge on any atom is -0.493 e. The Bertz CT molecular complexity index is 573. The fourth-order valence-electron chi connectivity index (χ4n) is 1.52. The minimum atomic E-state index is 0.104. The summed E-state index contributed by atoms with van der Waals surface area (Å²) < 4.78 is 10.6. The molecule has 0 aliphatic heterocycles. The highest BCUT2D eigenvalue weighted by Crippen LogP contribution is 2.22. The molecule has 0 fully saturated rings. The van der Waals surface area contributed by atoms with Crippen molar-refractivity contribution in [2.45, 2.75) is 13.8 Å². The molecule has 0 radical (unpaired) electrons. The molecule has 106 valence electrons. The van der Waals surface area contributed by atoms with Crippen LogP contribution in [-0.2, 0) is 0 Å². The van der Waals surface area contributed by atoms with Gasteiger partial charge >= 0.3 is 6.01 Å². The van der Waals surface area contributed by atoms with E-state index < -0.39 is 0 Å². The van der Waals surface area contributed by atoms with Gasteiger partial charge in [0.1, 0.15) is 5.75 Å². The summed E-state index contributed by atoms with van der Waals surface area (Å²) >= 11 is 5.83. The van der Waals surface area contributed by atoms with Crippen molar-refractivity contribution >= 4 is 11.6 Å². The van der Waals surface area contributed by atoms with Crippen LogP contribution in [0.2, 0.25) is 5.28 Å². The van der Waals surface area contributed by atoms with Crippen molar-refractivity contribution in [1.29, 1.82) is 0 Å². The third kappa shape index (κ3) is 3.81. The van der Waals surface area contributed by atoms with E-state index in [1.807, 2.05) is 24.3 Å². The van der Waals surface area contributed by atoms with Crippen molar-refractivity contribution in [3.05, 3.63) is 29.5 Å². The summed E-state index contributed by atoms with van der Waals surface area (Å²) in [5.41, 5.74) is 0.824. The maximum absolute atomic E-state index is 5.83. The van der Waals surface area contributed by atoms with E-state index in [0.29, 0.717) is 18.3 Å². The van der Waals surface area contributed by atoms with E-state index in [9.17, 15) is 0 Å². The highest BCUT2D eigenvalue weighted by Gasteiger charge is 2.08. The number of hydrogen-bond acceptors (Lipinski definition) is 5. The summed E-state index contributed by atoms with van der Waals surface area (Å²) in [4.78, 5) is 12.1. The highest BCUT2D eigenvalue weighted by atomic mass is 35.5. The topological polar surface area (TPSA) is 57.1 Å². The van der Waals surface area contributed by atoms with Gasteiger partial charge in [0.2, 0.25) is 5.28 Å². The van der Waals surface area contributed by atoms with Gasteiger partial charge in [0.15, 0.2) is 5.82 Å². The van der Waals surface area contributed by atoms with Gasteiger partial charge in [-0.15, -0.1) is 0 Å². The molecule has 0 aliphatic rings. The zero-order valence-electron chi connectivity index (χ0n) is 11.6. The molecule has 0 N–H and O–H groups in total. The first-order chi connectivity index (χ1) is 9.58. The van der Waals surface area contributed by atoms with Crippen LogP contribution in [-0.4, -0.2) is 28.7 Å². The number of ether oxygens (including phenoxy) is 2. The molecular weight excluding hydrogens is 278 g/mol. The largest absolute Gasteiger partial charge is 0.493 e. The lowest BCUT2D eigenvalue weighted by Crippen LogP contribution is -2.04. The first-order valence-corrected chi connectivity index (χ1v) is 6.65. The van der Waals surface area contributed by atoms with Crippen molar-refractivity contribution in [3.63, 3.8) is 0 Å². The smallest absolute Gasteiger partial charge is 0.321 e. The molecule has 5 nitrogen and oxygen atoms in total. The van der Waals surface area contributed by atoms with Gasteiger partial charge in [-0.2, -0.15) is 15.0 Å². The third-order valence-electron chi connectivity index (χ3n) is 2.47. The van der Waals surface area contributed by atoms with Crippen LogP contribution < -0.4 is 9.47 Å². The molecule has 2 rings (SSSR count). The van der Waals surface area contributed by atoms with Crippen molar-refractivity contribution < 1.29 is 9.47 Å². The molecule has 0 unspecified atom stereocenters. The summed E-state index contributed by atoms with van der Waals surface area (Å²) in [6.07, 6.45) is 0. The molecule has 0 aliphatic carbocycles. The second-order valence-electron chi connectivity index (χ2n) is 4.64. The maximum atomic E-state index is 5.83. The molecule has 0 saturated carbocycles. The Balaban J connectivity index is 2.19. The van der Waals surface area contributed by atoms with Gasteiger partial charge < -0.3 is 9.47 Å². The van der Waals surface area contributed by atoms with Gasteiger partial charge in [0, 0.05) is 5.56 Å². The van der Waals surface area contributed by atoms with Crippen LogP contribution >= 0.6 is 11.6 Å². The summed E-state index contributed by atoms with van der Waals surface area (Å²) in [5, 5.41) is 0.104. The third-order valence-corrected chi connectivity index (χ3v) is 2.64. The maximum Gasteiger partial charge on any atom is 0.321 e. The standard InChI is InChI=1S/C14H16ClN3O2/c1-9(2)8-20-11-6-4-10(5-7-11)12-16-13(15)18-14(17-12)19-3/h4-7,9H,8H2,1-3H3. The lowest BCUT2D eigenvalue weighted by Gasteiger charge is -2.09. The number of benzene rings is 1. The van der Waals surface area contributed by atoms with Gasteiger partial charge in [-0.1, -0.05) is 13.8 Å². The molecule has 0 spiro atoms. The predicted molar refractivity (Wildman–Crippen MR) is 77.2 cm³/mol. The van der Waals surface area contributed by atoms with Crippen molar-refractivity contribution in [2.75, 3.05) is 13.7 Å². The van der Waals surface area contributed by atoms with Crippen molar-refractivity contribution in [3.8, 4) is 23.1 Å². The van der Waals surface area contributed by atoms with Crippen LogP contribution in [0.1, 0.15) is 13.8 Å². The Morgan fingerprint density at radius 1 is 1.10 bits per heavy atom. The van der Waals surface area contributed by atoms with Crippen LogP contribution in [0, 0.1) is 5.92 Å². The van der Waals surface area contributed by atoms with Crippen LogP contribution in [0.25, 0.3) is 11.4 Å². The van der Waals surface area contributed by atoms with Crippen LogP contribution in [0.15, 0.2) is 24.3 Å². The predicted octanol–water partition coefficient (Wildman–Crippen LogP) is 3.24. The Hall–Kier alpha value is -1.88. The molecule has 0 saturated heterocycles. The van der Waals surface area contributed by atoms with Gasteiger partial charge in [-0.3, -0.25) is 0 Å². The van der Waals surface area contributed by atoms with E-state index in [1.165, 1.54) is 7.11 Å². The van der Waals surface area contributed by atoms with Gasteiger partial charge in [-0.25, -0.2) is 0 Å². The van der Waals surface area contributed by atoms with Crippen molar-refractivity contribution in [1.82, 2.24) is 15.0 Å². The first kappa shape index (κ1) is 14.5. The van der Waals surface area contributed by atoms with Crippen LogP contribution in [0.5, 0.6) is 11.8 Å². The Morgan fingerprint density at radius 2 is 1.80 bits per heavy atom. The number of rotatable bonds is 5. The number of halogens is 1. The molecule has 0 bridgehead atoms. The summed E-state index contributed by atoms with van der Waals surface area (Å²) in [6.45, 7) is 4.89. The molecule has 2 aromatic rings. The number of aromatic nitrogens is 3. The average Bonchev–Trinajstić information content (AvgIpc) is 2.45. The second kappa shape index (κ2) is 6.52. The molecule has 0 atom stereocenters. The van der Waals surface area contributed by atoms with Gasteiger partial charge in [-0.05, 0) is 41.8 Å². The molecule has 6 heteroatoms. The Labute approximate surface area is 123 Å². The van der Waals surface area contributed by atoms with Crippen LogP contribution in [0.3, 0.4) is 0 Å². The monoisotopic (exact) mass is 293 g/mol. The van der Waals surface area contributed by atoms with E-state index in [-0.39, 0.29) is 11.3 Å². The Kier molecular flexibility index (Phi) is 4.74. The van der Waals surface area contributed by atoms with Gasteiger partial charge in [0.25, 0.3) is 0 Å². The molecule has 1 heterocycles. The molecule has 1 aromatic heterocycles. The summed E-state index contributed by atoms with van der Waals surface area (Å²) in [5.74, 6) is 1.77. The molecule has 20 heavy (non-hydrogen) atoms. The minimum absolute atomic E-state index is 0.104. The zero-order valence-corrected chi connectivity index (χ0v) is 12.4. The zero-order chi connectivity index (χ0) is 14.5. The van der Waals surface area contributed by atoms with Crippen LogP contribution in [0.4, 0.5) is 0 Å². The summed E-state index contributed by atoms with van der Waals surface area (Å²) in [6, 6.07) is 7.70. The van der Waals surface area contributed by atoms with E-state index in [2.05, 4.69) is 28.8 Å². The second-order valence-corrected chi connectivity index (χ2v) is 4.98. The van der Waals surface area contributed by atoms with E-state index in [4.69, 9.17) is 21.1 Å².